The molecule has 0 N–H and O–H groups in total. The van der Waals surface area contributed by atoms with Crippen molar-refractivity contribution in [3.8, 4) is 5.75 Å². The van der Waals surface area contributed by atoms with E-state index in [-0.39, 0.29) is 16.7 Å². The summed E-state index contributed by atoms with van der Waals surface area (Å²) in [6, 6.07) is 4.10. The third-order valence-corrected chi connectivity index (χ3v) is 6.01. The lowest BCUT2D eigenvalue weighted by Gasteiger charge is -2.43. The van der Waals surface area contributed by atoms with Gasteiger partial charge in [0.2, 0.25) is 0 Å². The fraction of sp³-hybridized carbons (Fsp3) is 0.429. The van der Waals surface area contributed by atoms with Crippen molar-refractivity contribution in [3.05, 3.63) is 34.2 Å². The number of imide groups is 1. The van der Waals surface area contributed by atoms with Gasteiger partial charge >= 0.3 is 0 Å². The van der Waals surface area contributed by atoms with Crippen LogP contribution < -0.4 is 9.64 Å². The van der Waals surface area contributed by atoms with E-state index in [9.17, 15) is 9.59 Å². The average Bonchev–Trinajstić information content (AvgIpc) is 2.85. The molecule has 5 nitrogen and oxygen atoms in total. The molecular formula is C21H26N2O3S. The van der Waals surface area contributed by atoms with Crippen molar-refractivity contribution < 1.29 is 14.3 Å². The minimum atomic E-state index is -0.272. The van der Waals surface area contributed by atoms with Crippen molar-refractivity contribution >= 4 is 40.2 Å². The Morgan fingerprint density at radius 1 is 1.26 bits per heavy atom. The van der Waals surface area contributed by atoms with Gasteiger partial charge in [-0.15, -0.1) is 0 Å². The maximum Gasteiger partial charge on any atom is 0.293 e. The zero-order valence-electron chi connectivity index (χ0n) is 16.8. The van der Waals surface area contributed by atoms with E-state index >= 15 is 0 Å². The van der Waals surface area contributed by atoms with Crippen LogP contribution in [-0.2, 0) is 4.79 Å². The molecule has 144 valence electrons. The molecular weight excluding hydrogens is 360 g/mol. The van der Waals surface area contributed by atoms with Gasteiger partial charge in [0.1, 0.15) is 5.75 Å². The number of fused-ring (bicyclic) bond motifs is 1. The highest BCUT2D eigenvalue weighted by atomic mass is 32.2. The van der Waals surface area contributed by atoms with Crippen molar-refractivity contribution in [2.45, 2.75) is 39.7 Å². The molecule has 2 aliphatic heterocycles. The molecule has 0 aliphatic carbocycles. The predicted octanol–water partition coefficient (Wildman–Crippen LogP) is 4.77. The summed E-state index contributed by atoms with van der Waals surface area (Å²) in [6.45, 7) is 9.66. The SMILES string of the molecule is CCCN1c2cc(OC)c(/C=C3\SC(=O)N(C)C3=O)cc2C(C)=CC1(C)C. The molecule has 27 heavy (non-hydrogen) atoms. The summed E-state index contributed by atoms with van der Waals surface area (Å²) >= 11 is 0.960. The molecule has 3 rings (SSSR count). The lowest BCUT2D eigenvalue weighted by molar-refractivity contribution is -0.121. The van der Waals surface area contributed by atoms with Crippen molar-refractivity contribution in [2.24, 2.45) is 0 Å². The predicted molar refractivity (Wildman–Crippen MR) is 112 cm³/mol. The van der Waals surface area contributed by atoms with E-state index in [1.54, 1.807) is 13.2 Å². The number of likely N-dealkylation sites (N-methyl/N-ethyl adjacent to an activating group) is 1. The van der Waals surface area contributed by atoms with E-state index in [1.807, 2.05) is 6.07 Å². The summed E-state index contributed by atoms with van der Waals surface area (Å²) in [7, 11) is 3.13. The average molecular weight is 387 g/mol. The zero-order chi connectivity index (χ0) is 19.9. The maximum absolute atomic E-state index is 12.3. The lowest BCUT2D eigenvalue weighted by atomic mass is 9.87. The summed E-state index contributed by atoms with van der Waals surface area (Å²) in [5, 5.41) is -0.255. The Morgan fingerprint density at radius 3 is 2.52 bits per heavy atom. The second-order valence-corrected chi connectivity index (χ2v) is 8.48. The van der Waals surface area contributed by atoms with Crippen LogP contribution in [0.4, 0.5) is 10.5 Å². The summed E-state index contributed by atoms with van der Waals surface area (Å²) in [4.78, 5) is 28.0. The molecule has 0 unspecified atom stereocenters. The van der Waals surface area contributed by atoms with Crippen LogP contribution >= 0.6 is 11.8 Å². The molecule has 1 aromatic rings. The number of carbonyl (C=O) groups excluding carboxylic acids is 2. The van der Waals surface area contributed by atoms with Gasteiger partial charge in [-0.3, -0.25) is 14.5 Å². The van der Waals surface area contributed by atoms with Gasteiger partial charge in [0.25, 0.3) is 11.1 Å². The topological polar surface area (TPSA) is 49.9 Å². The number of hydrogen-bond donors (Lipinski definition) is 0. The number of carbonyl (C=O) groups is 2. The Balaban J connectivity index is 2.14. The zero-order valence-corrected chi connectivity index (χ0v) is 17.6. The molecule has 1 fully saturated rings. The van der Waals surface area contributed by atoms with E-state index < -0.39 is 0 Å². The van der Waals surface area contributed by atoms with Gasteiger partial charge < -0.3 is 9.64 Å². The Hall–Kier alpha value is -2.21. The first-order valence-corrected chi connectivity index (χ1v) is 9.92. The van der Waals surface area contributed by atoms with Gasteiger partial charge in [-0.25, -0.2) is 0 Å². The van der Waals surface area contributed by atoms with Crippen LogP contribution in [0.1, 0.15) is 45.2 Å². The van der Waals surface area contributed by atoms with Gasteiger partial charge in [-0.1, -0.05) is 13.0 Å². The second-order valence-electron chi connectivity index (χ2n) is 7.48. The number of ether oxygens (including phenoxy) is 1. The Labute approximate surface area is 165 Å². The van der Waals surface area contributed by atoms with Crippen molar-refractivity contribution in [1.82, 2.24) is 4.90 Å². The quantitative estimate of drug-likeness (QED) is 0.698. The number of hydrogen-bond acceptors (Lipinski definition) is 5. The van der Waals surface area contributed by atoms with Gasteiger partial charge in [0.15, 0.2) is 0 Å². The fourth-order valence-electron chi connectivity index (χ4n) is 3.73. The van der Waals surface area contributed by atoms with E-state index in [0.717, 1.165) is 46.4 Å². The largest absolute Gasteiger partial charge is 0.496 e. The molecule has 0 radical (unpaired) electrons. The monoisotopic (exact) mass is 386 g/mol. The molecule has 2 heterocycles. The third kappa shape index (κ3) is 3.38. The molecule has 0 aromatic heterocycles. The fourth-order valence-corrected chi connectivity index (χ4v) is 4.55. The molecule has 0 saturated carbocycles. The standard InChI is InChI=1S/C21H26N2O3S/c1-7-8-23-16-11-17(26-6)14(9-15(16)13(2)12-21(23,3)4)10-18-19(24)22(5)20(25)27-18/h9-12H,7-8H2,1-6H3/b18-10-. The minimum absolute atomic E-state index is 0.0789. The number of thioether (sulfide) groups is 1. The van der Waals surface area contributed by atoms with Gasteiger partial charge in [-0.05, 0) is 56.7 Å². The smallest absolute Gasteiger partial charge is 0.293 e. The highest BCUT2D eigenvalue weighted by Gasteiger charge is 2.34. The van der Waals surface area contributed by atoms with E-state index in [4.69, 9.17) is 4.74 Å². The lowest BCUT2D eigenvalue weighted by Crippen LogP contribution is -2.45. The van der Waals surface area contributed by atoms with Gasteiger partial charge in [0, 0.05) is 36.5 Å². The molecule has 2 amide bonds. The molecule has 0 spiro atoms. The third-order valence-electron chi connectivity index (χ3n) is 5.05. The van der Waals surface area contributed by atoms with Crippen LogP contribution in [0.2, 0.25) is 0 Å². The van der Waals surface area contributed by atoms with E-state index in [2.05, 4.69) is 44.7 Å². The number of methoxy groups -OCH3 is 1. The van der Waals surface area contributed by atoms with E-state index in [0.29, 0.717) is 10.7 Å². The Bertz CT molecular complexity index is 870. The van der Waals surface area contributed by atoms with Crippen molar-refractivity contribution in [1.29, 1.82) is 0 Å². The number of allylic oxidation sites excluding steroid dienone is 1. The number of rotatable bonds is 4. The molecule has 0 atom stereocenters. The highest BCUT2D eigenvalue weighted by Crippen LogP contribution is 2.43. The summed E-state index contributed by atoms with van der Waals surface area (Å²) < 4.78 is 5.63. The molecule has 0 bridgehead atoms. The number of anilines is 1. The first kappa shape index (κ1) is 19.5. The van der Waals surface area contributed by atoms with Crippen LogP contribution in [0, 0.1) is 0 Å². The summed E-state index contributed by atoms with van der Waals surface area (Å²) in [5.41, 5.74) is 4.19. The first-order valence-electron chi connectivity index (χ1n) is 9.10. The summed E-state index contributed by atoms with van der Waals surface area (Å²) in [5.74, 6) is 0.425. The van der Waals surface area contributed by atoms with E-state index in [1.165, 1.54) is 12.6 Å². The molecule has 1 aromatic carbocycles. The van der Waals surface area contributed by atoms with Crippen LogP contribution in [0.15, 0.2) is 23.1 Å². The highest BCUT2D eigenvalue weighted by molar-refractivity contribution is 8.18. The van der Waals surface area contributed by atoms with Gasteiger partial charge in [-0.2, -0.15) is 0 Å². The Kier molecular flexibility index (Phi) is 5.12. The van der Waals surface area contributed by atoms with Crippen LogP contribution in [0.25, 0.3) is 11.6 Å². The first-order chi connectivity index (χ1) is 12.7. The molecule has 2 aliphatic rings. The maximum atomic E-state index is 12.3. The Morgan fingerprint density at radius 2 is 1.96 bits per heavy atom. The van der Waals surface area contributed by atoms with Crippen molar-refractivity contribution in [3.63, 3.8) is 0 Å². The summed E-state index contributed by atoms with van der Waals surface area (Å²) in [6.07, 6.45) is 5.08. The van der Waals surface area contributed by atoms with Crippen LogP contribution in [0.3, 0.4) is 0 Å². The normalized spacial score (nSPS) is 20.2. The van der Waals surface area contributed by atoms with Crippen LogP contribution in [-0.4, -0.2) is 42.3 Å². The molecule has 1 saturated heterocycles. The van der Waals surface area contributed by atoms with Crippen LogP contribution in [0.5, 0.6) is 5.75 Å². The van der Waals surface area contributed by atoms with Crippen molar-refractivity contribution in [2.75, 3.05) is 25.6 Å². The molecule has 6 heteroatoms. The number of benzene rings is 1. The number of amides is 2. The second kappa shape index (κ2) is 7.08. The number of nitrogens with zero attached hydrogens (tertiary/aromatic N) is 2. The minimum Gasteiger partial charge on any atom is -0.496 e. The van der Waals surface area contributed by atoms with Gasteiger partial charge in [0.05, 0.1) is 17.6 Å².